The lowest BCUT2D eigenvalue weighted by molar-refractivity contribution is 0.181. The minimum Gasteiger partial charge on any atom is -0.330 e. The van der Waals surface area contributed by atoms with Gasteiger partial charge in [0, 0.05) is 0 Å². The van der Waals surface area contributed by atoms with E-state index in [-0.39, 0.29) is 0 Å². The highest BCUT2D eigenvalue weighted by Crippen LogP contribution is 2.21. The summed E-state index contributed by atoms with van der Waals surface area (Å²) in [6.45, 7) is 4.71. The van der Waals surface area contributed by atoms with Crippen molar-refractivity contribution >= 4 is 0 Å². The van der Waals surface area contributed by atoms with E-state index in [2.05, 4.69) is 35.2 Å². The van der Waals surface area contributed by atoms with Gasteiger partial charge < -0.3 is 10.6 Å². The molecule has 0 atom stereocenters. The van der Waals surface area contributed by atoms with Crippen LogP contribution in [0.2, 0.25) is 0 Å². The van der Waals surface area contributed by atoms with Crippen molar-refractivity contribution in [1.29, 1.82) is 0 Å². The van der Waals surface area contributed by atoms with Crippen LogP contribution in [0.1, 0.15) is 37.7 Å². The van der Waals surface area contributed by atoms with Crippen LogP contribution in [0, 0.1) is 5.92 Å². The number of nitrogens with two attached hydrogens (primary N) is 1. The van der Waals surface area contributed by atoms with Crippen molar-refractivity contribution in [3.8, 4) is 0 Å². The quantitative estimate of drug-likeness (QED) is 0.763. The lowest BCUT2D eigenvalue weighted by Crippen LogP contribution is -2.35. The number of nitrogens with zero attached hydrogens (tertiary/aromatic N) is 1. The summed E-state index contributed by atoms with van der Waals surface area (Å²) in [4.78, 5) is 2.64. The summed E-state index contributed by atoms with van der Waals surface area (Å²) in [7, 11) is 0. The molecule has 1 saturated heterocycles. The van der Waals surface area contributed by atoms with Crippen LogP contribution in [0.4, 0.5) is 0 Å². The highest BCUT2D eigenvalue weighted by molar-refractivity contribution is 5.15. The van der Waals surface area contributed by atoms with Crippen molar-refractivity contribution in [1.82, 2.24) is 4.90 Å². The van der Waals surface area contributed by atoms with Crippen molar-refractivity contribution in [2.24, 2.45) is 11.7 Å². The van der Waals surface area contributed by atoms with Gasteiger partial charge in [-0.3, -0.25) is 0 Å². The average molecular weight is 260 g/mol. The summed E-state index contributed by atoms with van der Waals surface area (Å²) in [5.74, 6) is 0.891. The SMILES string of the molecule is NCCCCCN1CCC(Cc2ccccc2)CC1. The monoisotopic (exact) mass is 260 g/mol. The minimum atomic E-state index is 0.846. The first kappa shape index (κ1) is 14.5. The Morgan fingerprint density at radius 3 is 2.42 bits per heavy atom. The van der Waals surface area contributed by atoms with Gasteiger partial charge in [0.05, 0.1) is 0 Å². The van der Waals surface area contributed by atoms with Crippen molar-refractivity contribution < 1.29 is 0 Å². The van der Waals surface area contributed by atoms with Gasteiger partial charge in [0.15, 0.2) is 0 Å². The van der Waals surface area contributed by atoms with E-state index in [0.717, 1.165) is 12.5 Å². The van der Waals surface area contributed by atoms with Crippen LogP contribution in [0.15, 0.2) is 30.3 Å². The molecular weight excluding hydrogens is 232 g/mol. The van der Waals surface area contributed by atoms with Crippen molar-refractivity contribution in [2.45, 2.75) is 38.5 Å². The molecule has 2 nitrogen and oxygen atoms in total. The van der Waals surface area contributed by atoms with Crippen molar-refractivity contribution in [2.75, 3.05) is 26.2 Å². The van der Waals surface area contributed by atoms with E-state index >= 15 is 0 Å². The Hall–Kier alpha value is -0.860. The Morgan fingerprint density at radius 1 is 1.00 bits per heavy atom. The van der Waals surface area contributed by atoms with Gasteiger partial charge in [-0.05, 0) is 69.8 Å². The largest absolute Gasteiger partial charge is 0.330 e. The zero-order valence-electron chi connectivity index (χ0n) is 12.1. The van der Waals surface area contributed by atoms with E-state index in [0.29, 0.717) is 0 Å². The van der Waals surface area contributed by atoms with E-state index in [4.69, 9.17) is 5.73 Å². The second-order valence-corrected chi connectivity index (χ2v) is 5.82. The standard InChI is InChI=1S/C17H28N2/c18-11-5-2-6-12-19-13-9-17(10-14-19)15-16-7-3-1-4-8-16/h1,3-4,7-8,17H,2,5-6,9-15,18H2. The molecule has 2 N–H and O–H groups in total. The Labute approximate surface area is 118 Å². The number of hydrogen-bond acceptors (Lipinski definition) is 2. The lowest BCUT2D eigenvalue weighted by Gasteiger charge is -2.32. The van der Waals surface area contributed by atoms with Gasteiger partial charge in [0.1, 0.15) is 0 Å². The van der Waals surface area contributed by atoms with Gasteiger partial charge in [0.25, 0.3) is 0 Å². The Morgan fingerprint density at radius 2 is 1.74 bits per heavy atom. The predicted octanol–water partition coefficient (Wildman–Crippen LogP) is 3.07. The highest BCUT2D eigenvalue weighted by atomic mass is 15.1. The fourth-order valence-electron chi connectivity index (χ4n) is 3.02. The summed E-state index contributed by atoms with van der Waals surface area (Å²) < 4.78 is 0. The normalized spacial score (nSPS) is 17.7. The van der Waals surface area contributed by atoms with Crippen LogP contribution in [0.25, 0.3) is 0 Å². The second kappa shape index (κ2) is 8.34. The average Bonchev–Trinajstić information content (AvgIpc) is 2.46. The maximum Gasteiger partial charge on any atom is -0.00160 e. The molecule has 2 rings (SSSR count). The molecular formula is C17H28N2. The molecule has 0 spiro atoms. The summed E-state index contributed by atoms with van der Waals surface area (Å²) in [6.07, 6.45) is 7.80. The number of likely N-dealkylation sites (tertiary alicyclic amines) is 1. The molecule has 19 heavy (non-hydrogen) atoms. The highest BCUT2D eigenvalue weighted by Gasteiger charge is 2.18. The van der Waals surface area contributed by atoms with Crippen LogP contribution >= 0.6 is 0 Å². The predicted molar refractivity (Wildman–Crippen MR) is 82.2 cm³/mol. The molecule has 1 aliphatic heterocycles. The van der Waals surface area contributed by atoms with Crippen LogP contribution in [0.3, 0.4) is 0 Å². The van der Waals surface area contributed by atoms with Gasteiger partial charge in [-0.25, -0.2) is 0 Å². The molecule has 1 fully saturated rings. The topological polar surface area (TPSA) is 29.3 Å². The molecule has 106 valence electrons. The molecule has 0 unspecified atom stereocenters. The molecule has 0 saturated carbocycles. The van der Waals surface area contributed by atoms with Crippen molar-refractivity contribution in [3.05, 3.63) is 35.9 Å². The first-order chi connectivity index (χ1) is 9.38. The van der Waals surface area contributed by atoms with Crippen LogP contribution in [0.5, 0.6) is 0 Å². The molecule has 1 aromatic carbocycles. The van der Waals surface area contributed by atoms with E-state index in [1.54, 1.807) is 0 Å². The van der Waals surface area contributed by atoms with Gasteiger partial charge in [-0.1, -0.05) is 36.8 Å². The first-order valence-electron chi connectivity index (χ1n) is 7.85. The third-order valence-electron chi connectivity index (χ3n) is 4.25. The van der Waals surface area contributed by atoms with Gasteiger partial charge in [-0.15, -0.1) is 0 Å². The van der Waals surface area contributed by atoms with Crippen LogP contribution in [-0.2, 0) is 6.42 Å². The maximum absolute atomic E-state index is 5.53. The van der Waals surface area contributed by atoms with Crippen LogP contribution < -0.4 is 5.73 Å². The summed E-state index contributed by atoms with van der Waals surface area (Å²) in [6, 6.07) is 10.9. The Kier molecular flexibility index (Phi) is 6.38. The zero-order chi connectivity index (χ0) is 13.3. The molecule has 2 heteroatoms. The molecule has 1 aromatic rings. The molecule has 0 amide bonds. The third-order valence-corrected chi connectivity index (χ3v) is 4.25. The fraction of sp³-hybridized carbons (Fsp3) is 0.647. The smallest absolute Gasteiger partial charge is 0.00160 e. The Balaban J connectivity index is 1.62. The van der Waals surface area contributed by atoms with E-state index in [1.807, 2.05) is 0 Å². The molecule has 1 heterocycles. The van der Waals surface area contributed by atoms with Crippen LogP contribution in [-0.4, -0.2) is 31.1 Å². The first-order valence-corrected chi connectivity index (χ1v) is 7.85. The van der Waals surface area contributed by atoms with Crippen molar-refractivity contribution in [3.63, 3.8) is 0 Å². The van der Waals surface area contributed by atoms with Gasteiger partial charge >= 0.3 is 0 Å². The summed E-state index contributed by atoms with van der Waals surface area (Å²) in [5.41, 5.74) is 7.03. The van der Waals surface area contributed by atoms with Gasteiger partial charge in [0.2, 0.25) is 0 Å². The summed E-state index contributed by atoms with van der Waals surface area (Å²) in [5, 5.41) is 0. The molecule has 1 aliphatic rings. The Bertz CT molecular complexity index is 328. The number of hydrogen-bond donors (Lipinski definition) is 1. The number of piperidine rings is 1. The molecule has 0 bridgehead atoms. The number of benzene rings is 1. The third kappa shape index (κ3) is 5.33. The molecule has 0 radical (unpaired) electrons. The van der Waals surface area contributed by atoms with E-state index in [1.165, 1.54) is 63.7 Å². The summed E-state index contributed by atoms with van der Waals surface area (Å²) >= 11 is 0. The number of rotatable bonds is 7. The second-order valence-electron chi connectivity index (χ2n) is 5.82. The molecule has 0 aromatic heterocycles. The molecule has 0 aliphatic carbocycles. The van der Waals surface area contributed by atoms with E-state index < -0.39 is 0 Å². The fourth-order valence-corrected chi connectivity index (χ4v) is 3.02. The lowest BCUT2D eigenvalue weighted by atomic mass is 9.90. The minimum absolute atomic E-state index is 0.846. The van der Waals surface area contributed by atoms with Gasteiger partial charge in [-0.2, -0.15) is 0 Å². The maximum atomic E-state index is 5.53. The zero-order valence-corrected chi connectivity index (χ0v) is 12.1. The van der Waals surface area contributed by atoms with E-state index in [9.17, 15) is 0 Å². The number of unbranched alkanes of at least 4 members (excludes halogenated alkanes) is 2.